The molecular weight excluding hydrogens is 354 g/mol. The standard InChI is InChI=1S/C18H19N3O6/c1-12(13-8-9-16(25-2)17(10-13)26-3)19-20-18(22)11-27-15-7-5-4-6-14(15)21(23)24/h4-10H,11H2,1-3H3,(H,20,22)/b19-12+. The number of hydrogen-bond donors (Lipinski definition) is 1. The third-order valence-electron chi connectivity index (χ3n) is 3.57. The Morgan fingerprint density at radius 2 is 1.81 bits per heavy atom. The molecule has 2 rings (SSSR count). The van der Waals surface area contributed by atoms with Crippen molar-refractivity contribution in [3.8, 4) is 17.2 Å². The molecule has 0 heterocycles. The van der Waals surface area contributed by atoms with E-state index in [0.717, 1.165) is 5.56 Å². The van der Waals surface area contributed by atoms with E-state index in [9.17, 15) is 14.9 Å². The topological polar surface area (TPSA) is 112 Å². The molecular formula is C18H19N3O6. The second kappa shape index (κ2) is 9.18. The van der Waals surface area contributed by atoms with E-state index in [1.54, 1.807) is 31.2 Å². The van der Waals surface area contributed by atoms with Gasteiger partial charge in [0, 0.05) is 11.6 Å². The van der Waals surface area contributed by atoms with E-state index in [1.165, 1.54) is 32.4 Å². The van der Waals surface area contributed by atoms with Crippen LogP contribution in [0.4, 0.5) is 5.69 Å². The average Bonchev–Trinajstić information content (AvgIpc) is 2.69. The second-order valence-corrected chi connectivity index (χ2v) is 5.32. The third kappa shape index (κ3) is 5.18. The predicted molar refractivity (Wildman–Crippen MR) is 98.5 cm³/mol. The number of hydrazone groups is 1. The molecule has 0 radical (unpaired) electrons. The Labute approximate surface area is 155 Å². The minimum atomic E-state index is -0.577. The molecule has 0 aliphatic rings. The van der Waals surface area contributed by atoms with Crippen LogP contribution in [-0.2, 0) is 4.79 Å². The zero-order valence-electron chi connectivity index (χ0n) is 15.1. The zero-order chi connectivity index (χ0) is 19.8. The lowest BCUT2D eigenvalue weighted by molar-refractivity contribution is -0.385. The van der Waals surface area contributed by atoms with E-state index >= 15 is 0 Å². The fourth-order valence-electron chi connectivity index (χ4n) is 2.18. The number of nitro benzene ring substituents is 1. The van der Waals surface area contributed by atoms with Crippen LogP contribution in [0.3, 0.4) is 0 Å². The molecule has 27 heavy (non-hydrogen) atoms. The Hall–Kier alpha value is -3.62. The number of rotatable bonds is 8. The van der Waals surface area contributed by atoms with Crippen LogP contribution < -0.4 is 19.6 Å². The Kier molecular flexibility index (Phi) is 6.70. The van der Waals surface area contributed by atoms with Crippen molar-refractivity contribution < 1.29 is 23.9 Å². The van der Waals surface area contributed by atoms with E-state index in [4.69, 9.17) is 14.2 Å². The van der Waals surface area contributed by atoms with Crippen molar-refractivity contribution in [2.24, 2.45) is 5.10 Å². The summed E-state index contributed by atoms with van der Waals surface area (Å²) in [6.45, 7) is 1.30. The number of nitrogens with one attached hydrogen (secondary N) is 1. The largest absolute Gasteiger partial charge is 0.493 e. The van der Waals surface area contributed by atoms with Crippen molar-refractivity contribution in [2.45, 2.75) is 6.92 Å². The SMILES string of the molecule is COc1ccc(/C(C)=N/NC(=O)COc2ccccc2[N+](=O)[O-])cc1OC. The number of hydrogen-bond acceptors (Lipinski definition) is 7. The van der Waals surface area contributed by atoms with Crippen LogP contribution >= 0.6 is 0 Å². The molecule has 0 spiro atoms. The molecule has 0 bridgehead atoms. The summed E-state index contributed by atoms with van der Waals surface area (Å²) in [5.74, 6) is 0.581. The van der Waals surface area contributed by atoms with Crippen LogP contribution in [0.1, 0.15) is 12.5 Å². The van der Waals surface area contributed by atoms with Crippen LogP contribution in [0.25, 0.3) is 0 Å². The third-order valence-corrected chi connectivity index (χ3v) is 3.57. The summed E-state index contributed by atoms with van der Waals surface area (Å²) in [4.78, 5) is 22.2. The molecule has 0 saturated carbocycles. The van der Waals surface area contributed by atoms with Crippen molar-refractivity contribution in [2.75, 3.05) is 20.8 Å². The second-order valence-electron chi connectivity index (χ2n) is 5.32. The van der Waals surface area contributed by atoms with Gasteiger partial charge in [0.15, 0.2) is 23.9 Å². The Balaban J connectivity index is 1.99. The normalized spacial score (nSPS) is 10.9. The summed E-state index contributed by atoms with van der Waals surface area (Å²) in [5, 5.41) is 14.9. The van der Waals surface area contributed by atoms with Crippen LogP contribution in [0.2, 0.25) is 0 Å². The lowest BCUT2D eigenvalue weighted by Gasteiger charge is -2.09. The smallest absolute Gasteiger partial charge is 0.310 e. The first-order valence-electron chi connectivity index (χ1n) is 7.88. The van der Waals surface area contributed by atoms with Crippen LogP contribution in [-0.4, -0.2) is 37.4 Å². The molecule has 1 N–H and O–H groups in total. The van der Waals surface area contributed by atoms with Gasteiger partial charge in [-0.3, -0.25) is 14.9 Å². The van der Waals surface area contributed by atoms with E-state index < -0.39 is 17.4 Å². The van der Waals surface area contributed by atoms with Gasteiger partial charge >= 0.3 is 5.69 Å². The van der Waals surface area contributed by atoms with Crippen molar-refractivity contribution in [3.63, 3.8) is 0 Å². The van der Waals surface area contributed by atoms with Crippen molar-refractivity contribution in [1.82, 2.24) is 5.43 Å². The first-order chi connectivity index (χ1) is 13.0. The van der Waals surface area contributed by atoms with Crippen LogP contribution in [0, 0.1) is 10.1 Å². The molecule has 2 aromatic rings. The molecule has 0 saturated heterocycles. The fraction of sp³-hybridized carbons (Fsp3) is 0.222. The number of amides is 1. The van der Waals surface area contributed by atoms with Gasteiger partial charge in [0.25, 0.3) is 5.91 Å². The van der Waals surface area contributed by atoms with Crippen LogP contribution in [0.5, 0.6) is 17.2 Å². The minimum Gasteiger partial charge on any atom is -0.493 e. The molecule has 0 unspecified atom stereocenters. The molecule has 9 nitrogen and oxygen atoms in total. The summed E-state index contributed by atoms with van der Waals surface area (Å²) in [6, 6.07) is 11.0. The highest BCUT2D eigenvalue weighted by Gasteiger charge is 2.15. The van der Waals surface area contributed by atoms with Crippen molar-refractivity contribution in [1.29, 1.82) is 0 Å². The molecule has 9 heteroatoms. The highest BCUT2D eigenvalue weighted by molar-refractivity contribution is 5.99. The number of carbonyl (C=O) groups excluding carboxylic acids is 1. The van der Waals surface area contributed by atoms with Crippen LogP contribution in [0.15, 0.2) is 47.6 Å². The number of ether oxygens (including phenoxy) is 3. The number of nitro groups is 1. The predicted octanol–water partition coefficient (Wildman–Crippen LogP) is 2.53. The molecule has 1 amide bonds. The van der Waals surface area contributed by atoms with Gasteiger partial charge in [-0.1, -0.05) is 12.1 Å². The zero-order valence-corrected chi connectivity index (χ0v) is 15.1. The van der Waals surface area contributed by atoms with Crippen molar-refractivity contribution in [3.05, 3.63) is 58.1 Å². The van der Waals surface area contributed by atoms with Gasteiger partial charge in [-0.25, -0.2) is 5.43 Å². The number of methoxy groups -OCH3 is 2. The van der Waals surface area contributed by atoms with Gasteiger partial charge in [0.1, 0.15) is 0 Å². The molecule has 0 aliphatic heterocycles. The van der Waals surface area contributed by atoms with Gasteiger partial charge in [-0.05, 0) is 31.2 Å². The summed E-state index contributed by atoms with van der Waals surface area (Å²) in [7, 11) is 3.06. The Morgan fingerprint density at radius 1 is 1.11 bits per heavy atom. The number of carbonyl (C=O) groups is 1. The number of benzene rings is 2. The summed E-state index contributed by atoms with van der Waals surface area (Å²) in [5.41, 5.74) is 3.40. The Morgan fingerprint density at radius 3 is 2.48 bits per heavy atom. The van der Waals surface area contributed by atoms with Gasteiger partial charge in [-0.15, -0.1) is 0 Å². The molecule has 0 atom stereocenters. The quantitative estimate of drug-likeness (QED) is 0.432. The monoisotopic (exact) mass is 373 g/mol. The van der Waals surface area contributed by atoms with Gasteiger partial charge in [0.05, 0.1) is 24.9 Å². The van der Waals surface area contributed by atoms with Gasteiger partial charge < -0.3 is 14.2 Å². The fourth-order valence-corrected chi connectivity index (χ4v) is 2.18. The maximum atomic E-state index is 11.9. The summed E-state index contributed by atoms with van der Waals surface area (Å²) < 4.78 is 15.6. The molecule has 2 aromatic carbocycles. The van der Waals surface area contributed by atoms with Crippen molar-refractivity contribution >= 4 is 17.3 Å². The number of nitrogens with zero attached hydrogens (tertiary/aromatic N) is 2. The van der Waals surface area contributed by atoms with E-state index in [-0.39, 0.29) is 11.4 Å². The molecule has 142 valence electrons. The van der Waals surface area contributed by atoms with Gasteiger partial charge in [0.2, 0.25) is 0 Å². The molecule has 0 aromatic heterocycles. The molecule has 0 aliphatic carbocycles. The maximum Gasteiger partial charge on any atom is 0.310 e. The lowest BCUT2D eigenvalue weighted by atomic mass is 10.1. The van der Waals surface area contributed by atoms with Gasteiger partial charge in [-0.2, -0.15) is 5.10 Å². The van der Waals surface area contributed by atoms with E-state index in [1.807, 2.05) is 0 Å². The minimum absolute atomic E-state index is 0.0123. The number of para-hydroxylation sites is 2. The maximum absolute atomic E-state index is 11.9. The lowest BCUT2D eigenvalue weighted by Crippen LogP contribution is -2.25. The first-order valence-corrected chi connectivity index (χ1v) is 7.88. The summed E-state index contributed by atoms with van der Waals surface area (Å²) in [6.07, 6.45) is 0. The summed E-state index contributed by atoms with van der Waals surface area (Å²) >= 11 is 0. The average molecular weight is 373 g/mol. The highest BCUT2D eigenvalue weighted by Crippen LogP contribution is 2.28. The van der Waals surface area contributed by atoms with E-state index in [0.29, 0.717) is 17.2 Å². The first kappa shape index (κ1) is 19.7. The highest BCUT2D eigenvalue weighted by atomic mass is 16.6. The Bertz CT molecular complexity index is 866. The van der Waals surface area contributed by atoms with E-state index in [2.05, 4.69) is 10.5 Å². The molecule has 0 fully saturated rings.